The van der Waals surface area contributed by atoms with E-state index in [4.69, 9.17) is 9.47 Å². The zero-order valence-corrected chi connectivity index (χ0v) is 15.0. The summed E-state index contributed by atoms with van der Waals surface area (Å²) >= 11 is 0. The van der Waals surface area contributed by atoms with Gasteiger partial charge < -0.3 is 14.6 Å². The molecule has 0 aliphatic carbocycles. The van der Waals surface area contributed by atoms with Gasteiger partial charge in [0.05, 0.1) is 6.61 Å². The van der Waals surface area contributed by atoms with Crippen LogP contribution < -0.4 is 4.74 Å². The molecule has 0 aliphatic rings. The zero-order valence-electron chi connectivity index (χ0n) is 15.0. The minimum Gasteiger partial charge on any atom is -0.488 e. The van der Waals surface area contributed by atoms with E-state index in [9.17, 15) is 9.90 Å². The topological polar surface area (TPSA) is 55.8 Å². The highest BCUT2D eigenvalue weighted by Crippen LogP contribution is 2.36. The highest BCUT2D eigenvalue weighted by molar-refractivity contribution is 6.06. The number of aliphatic hydroxyl groups excluding tert-OH is 1. The third kappa shape index (κ3) is 3.55. The molecular weight excluding hydrogens is 328 g/mol. The summed E-state index contributed by atoms with van der Waals surface area (Å²) in [5, 5.41) is 13.7. The number of ether oxygens (including phenoxy) is 2. The van der Waals surface area contributed by atoms with E-state index in [0.29, 0.717) is 0 Å². The van der Waals surface area contributed by atoms with Gasteiger partial charge in [-0.05, 0) is 36.2 Å². The Labute approximate surface area is 152 Å². The van der Waals surface area contributed by atoms with Gasteiger partial charge >= 0.3 is 5.97 Å². The fourth-order valence-corrected chi connectivity index (χ4v) is 2.91. The third-order valence-corrected chi connectivity index (χ3v) is 4.31. The average Bonchev–Trinajstić information content (AvgIpc) is 2.64. The molecule has 0 aromatic heterocycles. The van der Waals surface area contributed by atoms with E-state index in [-0.39, 0.29) is 18.8 Å². The Morgan fingerprint density at radius 3 is 2.58 bits per heavy atom. The van der Waals surface area contributed by atoms with Crippen molar-refractivity contribution in [2.75, 3.05) is 13.2 Å². The first-order valence-electron chi connectivity index (χ1n) is 8.52. The van der Waals surface area contributed by atoms with Gasteiger partial charge in [-0.1, -0.05) is 49.0 Å². The minimum absolute atomic E-state index is 0.0621. The molecule has 0 bridgehead atoms. The van der Waals surface area contributed by atoms with Crippen LogP contribution in [-0.2, 0) is 9.53 Å². The van der Waals surface area contributed by atoms with Crippen molar-refractivity contribution in [3.8, 4) is 5.75 Å². The van der Waals surface area contributed by atoms with Crippen LogP contribution in [0.3, 0.4) is 0 Å². The van der Waals surface area contributed by atoms with Crippen molar-refractivity contribution < 1.29 is 19.4 Å². The van der Waals surface area contributed by atoms with Crippen LogP contribution in [0.4, 0.5) is 0 Å². The van der Waals surface area contributed by atoms with Crippen LogP contribution in [0.15, 0.2) is 60.7 Å². The molecule has 3 aromatic rings. The van der Waals surface area contributed by atoms with Gasteiger partial charge in [0.15, 0.2) is 6.10 Å². The fraction of sp³-hybridized carbons (Fsp3) is 0.227. The number of hydrogen-bond acceptors (Lipinski definition) is 4. The van der Waals surface area contributed by atoms with Crippen LogP contribution in [0.25, 0.3) is 21.5 Å². The summed E-state index contributed by atoms with van der Waals surface area (Å²) in [6.07, 6.45) is -0.752. The van der Waals surface area contributed by atoms with Crippen molar-refractivity contribution in [1.29, 1.82) is 0 Å². The van der Waals surface area contributed by atoms with Crippen LogP contribution in [0.1, 0.15) is 12.5 Å². The van der Waals surface area contributed by atoms with Gasteiger partial charge in [0.1, 0.15) is 12.4 Å². The number of benzene rings is 3. The molecule has 1 unspecified atom stereocenters. The summed E-state index contributed by atoms with van der Waals surface area (Å²) in [5.74, 6) is 0.192. The number of rotatable bonds is 6. The Balaban J connectivity index is 1.98. The van der Waals surface area contributed by atoms with E-state index in [1.807, 2.05) is 36.4 Å². The van der Waals surface area contributed by atoms with E-state index in [2.05, 4.69) is 25.6 Å². The maximum atomic E-state index is 11.7. The smallest absolute Gasteiger partial charge is 0.333 e. The Morgan fingerprint density at radius 2 is 1.85 bits per heavy atom. The number of aryl methyl sites for hydroxylation is 1. The highest BCUT2D eigenvalue weighted by atomic mass is 16.6. The number of aliphatic hydroxyl groups is 1. The van der Waals surface area contributed by atoms with Gasteiger partial charge in [-0.25, -0.2) is 4.79 Å². The molecule has 0 fully saturated rings. The first-order chi connectivity index (χ1) is 12.5. The number of fused-ring (bicyclic) bond motifs is 2. The Bertz CT molecular complexity index is 974. The number of carbonyl (C=O) groups excluding carboxylic acids is 1. The summed E-state index contributed by atoms with van der Waals surface area (Å²) in [5.41, 5.74) is 1.44. The second-order valence-electron chi connectivity index (χ2n) is 6.40. The molecule has 0 radical (unpaired) electrons. The van der Waals surface area contributed by atoms with Crippen molar-refractivity contribution in [2.24, 2.45) is 0 Å². The summed E-state index contributed by atoms with van der Waals surface area (Å²) in [6.45, 7) is 6.93. The number of esters is 1. The maximum Gasteiger partial charge on any atom is 0.333 e. The molecular formula is C22H22O4. The van der Waals surface area contributed by atoms with Gasteiger partial charge in [0.2, 0.25) is 0 Å². The molecule has 0 spiro atoms. The highest BCUT2D eigenvalue weighted by Gasteiger charge is 2.17. The minimum atomic E-state index is -0.752. The molecule has 0 aliphatic heterocycles. The molecule has 0 saturated carbocycles. The molecule has 4 heteroatoms. The lowest BCUT2D eigenvalue weighted by Gasteiger charge is -2.19. The maximum absolute atomic E-state index is 11.7. The van der Waals surface area contributed by atoms with E-state index in [1.165, 1.54) is 0 Å². The van der Waals surface area contributed by atoms with Gasteiger partial charge in [-0.15, -0.1) is 0 Å². The van der Waals surface area contributed by atoms with Gasteiger partial charge in [-0.2, -0.15) is 0 Å². The molecule has 0 heterocycles. The van der Waals surface area contributed by atoms with Crippen LogP contribution in [0.2, 0.25) is 0 Å². The lowest BCUT2D eigenvalue weighted by molar-refractivity contribution is -0.147. The predicted octanol–water partition coefficient (Wildman–Crippen LogP) is 4.16. The second kappa shape index (κ2) is 7.58. The normalized spacial score (nSPS) is 12.1. The molecule has 3 rings (SSSR count). The van der Waals surface area contributed by atoms with Gasteiger partial charge in [0, 0.05) is 16.3 Å². The van der Waals surface area contributed by atoms with Crippen LogP contribution in [0, 0.1) is 6.92 Å². The van der Waals surface area contributed by atoms with Crippen LogP contribution in [0.5, 0.6) is 5.75 Å². The molecule has 0 saturated heterocycles. The molecule has 3 aromatic carbocycles. The van der Waals surface area contributed by atoms with Gasteiger partial charge in [0.25, 0.3) is 0 Å². The molecule has 26 heavy (non-hydrogen) atoms. The van der Waals surface area contributed by atoms with E-state index in [0.717, 1.165) is 32.9 Å². The summed E-state index contributed by atoms with van der Waals surface area (Å²) in [7, 11) is 0. The van der Waals surface area contributed by atoms with Crippen molar-refractivity contribution in [2.45, 2.75) is 20.0 Å². The molecule has 1 N–H and O–H groups in total. The van der Waals surface area contributed by atoms with Crippen molar-refractivity contribution in [3.63, 3.8) is 0 Å². The number of carbonyl (C=O) groups is 1. The Hall–Kier alpha value is -2.85. The Morgan fingerprint density at radius 1 is 1.12 bits per heavy atom. The molecule has 4 nitrogen and oxygen atoms in total. The quantitative estimate of drug-likeness (QED) is 0.412. The molecule has 0 amide bonds. The second-order valence-corrected chi connectivity index (χ2v) is 6.40. The van der Waals surface area contributed by atoms with Crippen LogP contribution in [-0.4, -0.2) is 30.4 Å². The van der Waals surface area contributed by atoms with Crippen molar-refractivity contribution in [1.82, 2.24) is 0 Å². The SMILES string of the molecule is C=C(C)C(=O)OC(CO)COc1c2ccccc2cc2c(C)cccc12. The summed E-state index contributed by atoms with van der Waals surface area (Å²) < 4.78 is 11.3. The van der Waals surface area contributed by atoms with E-state index < -0.39 is 12.1 Å². The Kier molecular flexibility index (Phi) is 5.24. The molecule has 134 valence electrons. The van der Waals surface area contributed by atoms with Crippen LogP contribution >= 0.6 is 0 Å². The summed E-state index contributed by atoms with van der Waals surface area (Å²) in [6, 6.07) is 16.2. The van der Waals surface area contributed by atoms with Gasteiger partial charge in [-0.3, -0.25) is 0 Å². The third-order valence-electron chi connectivity index (χ3n) is 4.31. The van der Waals surface area contributed by atoms with Crippen molar-refractivity contribution in [3.05, 3.63) is 66.2 Å². The lowest BCUT2D eigenvalue weighted by Crippen LogP contribution is -2.28. The monoisotopic (exact) mass is 350 g/mol. The largest absolute Gasteiger partial charge is 0.488 e. The standard InChI is InChI=1S/C22H22O4/c1-14(2)22(24)26-17(12-23)13-25-21-18-9-5-4-8-16(18)11-20-15(3)7-6-10-19(20)21/h4-11,17,23H,1,12-13H2,2-3H3. The fourth-order valence-electron chi connectivity index (χ4n) is 2.91. The van der Waals surface area contributed by atoms with E-state index >= 15 is 0 Å². The predicted molar refractivity (Wildman–Crippen MR) is 103 cm³/mol. The number of hydrogen-bond donors (Lipinski definition) is 1. The first-order valence-corrected chi connectivity index (χ1v) is 8.52. The first kappa shape index (κ1) is 18.0. The summed E-state index contributed by atoms with van der Waals surface area (Å²) in [4.78, 5) is 11.7. The zero-order chi connectivity index (χ0) is 18.7. The van der Waals surface area contributed by atoms with Crippen molar-refractivity contribution >= 4 is 27.5 Å². The van der Waals surface area contributed by atoms with E-state index in [1.54, 1.807) is 6.92 Å². The molecule has 1 atom stereocenters. The average molecular weight is 350 g/mol. The lowest BCUT2D eigenvalue weighted by atomic mass is 9.99.